The lowest BCUT2D eigenvalue weighted by atomic mass is 10.3. The van der Waals surface area contributed by atoms with Crippen LogP contribution in [0.4, 0.5) is 19.1 Å². The molecule has 92 valence electrons. The molecule has 0 unspecified atom stereocenters. The SMILES string of the molecule is Nc1nc2nc(CCC(F)(F)F)[nH]c2c(=O)[nH]1. The van der Waals surface area contributed by atoms with E-state index in [-0.39, 0.29) is 29.4 Å². The number of aryl methyl sites for hydroxylation is 1. The summed E-state index contributed by atoms with van der Waals surface area (Å²) in [6.45, 7) is 0. The van der Waals surface area contributed by atoms with Crippen molar-refractivity contribution in [2.24, 2.45) is 0 Å². The highest BCUT2D eigenvalue weighted by Gasteiger charge is 2.27. The summed E-state index contributed by atoms with van der Waals surface area (Å²) in [4.78, 5) is 23.5. The number of nitrogens with two attached hydrogens (primary N) is 1. The number of hydrogen-bond acceptors (Lipinski definition) is 4. The smallest absolute Gasteiger partial charge is 0.369 e. The fraction of sp³-hybridized carbons (Fsp3) is 0.375. The van der Waals surface area contributed by atoms with Crippen molar-refractivity contribution < 1.29 is 13.2 Å². The third-order valence-corrected chi connectivity index (χ3v) is 2.07. The number of rotatable bonds is 2. The second kappa shape index (κ2) is 3.75. The number of anilines is 1. The largest absolute Gasteiger partial charge is 0.389 e. The monoisotopic (exact) mass is 247 g/mol. The Bertz CT molecular complexity index is 599. The normalized spacial score (nSPS) is 12.2. The topological polar surface area (TPSA) is 100 Å². The standard InChI is InChI=1S/C8H8F3N5O/c9-8(10,11)2-1-3-13-4-5(14-3)15-7(12)16-6(4)17/h1-2H2,(H4,12,13,14,15,16,17). The Kier molecular flexibility index (Phi) is 2.52. The van der Waals surface area contributed by atoms with Gasteiger partial charge in [0.15, 0.2) is 11.2 Å². The Balaban J connectivity index is 2.32. The molecule has 17 heavy (non-hydrogen) atoms. The van der Waals surface area contributed by atoms with Crippen LogP contribution in [0, 0.1) is 0 Å². The number of H-pyrrole nitrogens is 2. The molecule has 0 spiro atoms. The second-order valence-electron chi connectivity index (χ2n) is 3.45. The molecule has 2 aromatic heterocycles. The van der Waals surface area contributed by atoms with Crippen molar-refractivity contribution in [1.29, 1.82) is 0 Å². The maximum Gasteiger partial charge on any atom is 0.389 e. The lowest BCUT2D eigenvalue weighted by Gasteiger charge is -2.02. The summed E-state index contributed by atoms with van der Waals surface area (Å²) in [5.41, 5.74) is 4.76. The molecule has 0 amide bonds. The Labute approximate surface area is 92.1 Å². The van der Waals surface area contributed by atoms with Gasteiger partial charge in [-0.15, -0.1) is 0 Å². The van der Waals surface area contributed by atoms with Crippen LogP contribution in [0.15, 0.2) is 4.79 Å². The first-order valence-corrected chi connectivity index (χ1v) is 4.66. The molecule has 2 rings (SSSR count). The molecular weight excluding hydrogens is 239 g/mol. The number of imidazole rings is 1. The quantitative estimate of drug-likeness (QED) is 0.727. The van der Waals surface area contributed by atoms with Crippen molar-refractivity contribution in [3.05, 3.63) is 16.2 Å². The van der Waals surface area contributed by atoms with Crippen molar-refractivity contribution in [2.45, 2.75) is 19.0 Å². The van der Waals surface area contributed by atoms with E-state index in [0.717, 1.165) is 0 Å². The Morgan fingerprint density at radius 1 is 1.24 bits per heavy atom. The molecule has 0 aromatic carbocycles. The maximum absolute atomic E-state index is 12.0. The summed E-state index contributed by atoms with van der Waals surface area (Å²) in [5.74, 6) is -0.0719. The highest BCUT2D eigenvalue weighted by Crippen LogP contribution is 2.21. The first-order valence-electron chi connectivity index (χ1n) is 4.66. The van der Waals surface area contributed by atoms with Gasteiger partial charge in [-0.1, -0.05) is 0 Å². The fourth-order valence-electron chi connectivity index (χ4n) is 1.35. The van der Waals surface area contributed by atoms with Crippen LogP contribution < -0.4 is 11.3 Å². The van der Waals surface area contributed by atoms with Gasteiger partial charge in [0.2, 0.25) is 5.95 Å². The van der Waals surface area contributed by atoms with E-state index in [9.17, 15) is 18.0 Å². The molecule has 0 fully saturated rings. The molecule has 6 nitrogen and oxygen atoms in total. The average molecular weight is 247 g/mol. The summed E-state index contributed by atoms with van der Waals surface area (Å²) >= 11 is 0. The molecule has 0 aliphatic rings. The number of fused-ring (bicyclic) bond motifs is 1. The van der Waals surface area contributed by atoms with Gasteiger partial charge < -0.3 is 10.7 Å². The van der Waals surface area contributed by atoms with E-state index in [1.807, 2.05) is 0 Å². The minimum Gasteiger partial charge on any atom is -0.369 e. The van der Waals surface area contributed by atoms with Crippen LogP contribution in [0.5, 0.6) is 0 Å². The lowest BCUT2D eigenvalue weighted by molar-refractivity contribution is -0.134. The molecule has 4 N–H and O–H groups in total. The van der Waals surface area contributed by atoms with Gasteiger partial charge in [-0.25, -0.2) is 4.98 Å². The molecular formula is C8H8F3N5O. The molecule has 0 atom stereocenters. The van der Waals surface area contributed by atoms with Crippen molar-refractivity contribution >= 4 is 17.1 Å². The second-order valence-corrected chi connectivity index (χ2v) is 3.45. The van der Waals surface area contributed by atoms with Crippen molar-refractivity contribution in [1.82, 2.24) is 19.9 Å². The highest BCUT2D eigenvalue weighted by molar-refractivity contribution is 5.70. The number of nitrogens with zero attached hydrogens (tertiary/aromatic N) is 2. The van der Waals surface area contributed by atoms with Crippen LogP contribution in [0.3, 0.4) is 0 Å². The van der Waals surface area contributed by atoms with E-state index in [1.54, 1.807) is 0 Å². The third kappa shape index (κ3) is 2.55. The number of aromatic amines is 2. The lowest BCUT2D eigenvalue weighted by Crippen LogP contribution is -2.11. The molecule has 2 aromatic rings. The highest BCUT2D eigenvalue weighted by atomic mass is 19.4. The van der Waals surface area contributed by atoms with E-state index in [0.29, 0.717) is 0 Å². The van der Waals surface area contributed by atoms with Gasteiger partial charge in [0, 0.05) is 6.42 Å². The average Bonchev–Trinajstić information content (AvgIpc) is 2.56. The molecule has 0 bridgehead atoms. The minimum absolute atomic E-state index is 0.0171. The number of halogens is 3. The van der Waals surface area contributed by atoms with Gasteiger partial charge in [-0.05, 0) is 0 Å². The van der Waals surface area contributed by atoms with E-state index in [2.05, 4.69) is 19.9 Å². The maximum atomic E-state index is 12.0. The van der Waals surface area contributed by atoms with Gasteiger partial charge in [0.1, 0.15) is 5.82 Å². The van der Waals surface area contributed by atoms with E-state index in [1.165, 1.54) is 0 Å². The number of hydrogen-bond donors (Lipinski definition) is 3. The van der Waals surface area contributed by atoms with E-state index < -0.39 is 18.2 Å². The predicted octanol–water partition coefficient (Wildman–Crippen LogP) is 0.723. The summed E-state index contributed by atoms with van der Waals surface area (Å²) in [5, 5.41) is 0. The van der Waals surface area contributed by atoms with Gasteiger partial charge in [0.25, 0.3) is 5.56 Å². The Morgan fingerprint density at radius 2 is 1.94 bits per heavy atom. The zero-order chi connectivity index (χ0) is 12.6. The first-order chi connectivity index (χ1) is 7.85. The summed E-state index contributed by atoms with van der Waals surface area (Å²) in [6.07, 6.45) is -5.61. The van der Waals surface area contributed by atoms with Crippen LogP contribution in [0.1, 0.15) is 12.2 Å². The summed E-state index contributed by atoms with van der Waals surface area (Å²) in [6, 6.07) is 0. The first kappa shape index (κ1) is 11.4. The Hall–Kier alpha value is -2.06. The van der Waals surface area contributed by atoms with Crippen LogP contribution >= 0.6 is 0 Å². The molecule has 2 heterocycles. The fourth-order valence-corrected chi connectivity index (χ4v) is 1.35. The van der Waals surface area contributed by atoms with Gasteiger partial charge in [-0.2, -0.15) is 18.2 Å². The minimum atomic E-state index is -4.27. The van der Waals surface area contributed by atoms with Gasteiger partial charge in [-0.3, -0.25) is 9.78 Å². The predicted molar refractivity (Wildman–Crippen MR) is 53.3 cm³/mol. The van der Waals surface area contributed by atoms with Gasteiger partial charge in [0.05, 0.1) is 6.42 Å². The zero-order valence-corrected chi connectivity index (χ0v) is 8.43. The number of alkyl halides is 3. The van der Waals surface area contributed by atoms with Crippen LogP contribution in [-0.2, 0) is 6.42 Å². The van der Waals surface area contributed by atoms with Crippen LogP contribution in [0.2, 0.25) is 0 Å². The number of aromatic nitrogens is 4. The van der Waals surface area contributed by atoms with E-state index >= 15 is 0 Å². The Morgan fingerprint density at radius 3 is 2.59 bits per heavy atom. The molecule has 0 radical (unpaired) electrons. The van der Waals surface area contributed by atoms with Crippen molar-refractivity contribution in [3.63, 3.8) is 0 Å². The van der Waals surface area contributed by atoms with Gasteiger partial charge >= 0.3 is 6.18 Å². The number of nitrogens with one attached hydrogen (secondary N) is 2. The molecule has 9 heteroatoms. The molecule has 0 aliphatic carbocycles. The van der Waals surface area contributed by atoms with Crippen molar-refractivity contribution in [2.75, 3.05) is 5.73 Å². The van der Waals surface area contributed by atoms with Crippen molar-refractivity contribution in [3.8, 4) is 0 Å². The van der Waals surface area contributed by atoms with Crippen LogP contribution in [0.25, 0.3) is 11.2 Å². The summed E-state index contributed by atoms with van der Waals surface area (Å²) in [7, 11) is 0. The molecule has 0 saturated carbocycles. The molecule has 0 aliphatic heterocycles. The molecule has 0 saturated heterocycles. The zero-order valence-electron chi connectivity index (χ0n) is 8.43. The number of nitrogen functional groups attached to an aromatic ring is 1. The van der Waals surface area contributed by atoms with E-state index in [4.69, 9.17) is 5.73 Å². The van der Waals surface area contributed by atoms with Crippen LogP contribution in [-0.4, -0.2) is 26.1 Å². The summed E-state index contributed by atoms with van der Waals surface area (Å²) < 4.78 is 36.0. The third-order valence-electron chi connectivity index (χ3n) is 2.07.